The fraction of sp³-hybridized carbons (Fsp3) is 0.257. The number of thioether (sulfide) groups is 1. The fourth-order valence-electron chi connectivity index (χ4n) is 5.26. The zero-order valence-corrected chi connectivity index (χ0v) is 27.8. The molecule has 1 fully saturated rings. The number of nitrogens with one attached hydrogen (secondary N) is 1. The molecule has 1 aliphatic heterocycles. The van der Waals surface area contributed by atoms with Crippen molar-refractivity contribution in [3.8, 4) is 11.1 Å². The summed E-state index contributed by atoms with van der Waals surface area (Å²) in [5.41, 5.74) is 5.50. The summed E-state index contributed by atoms with van der Waals surface area (Å²) in [6.45, 7) is 2.20. The molecule has 7 nitrogen and oxygen atoms in total. The van der Waals surface area contributed by atoms with E-state index in [0.717, 1.165) is 33.4 Å². The maximum atomic E-state index is 12.0. The van der Waals surface area contributed by atoms with Gasteiger partial charge in [0.2, 0.25) is 0 Å². The lowest BCUT2D eigenvalue weighted by Gasteiger charge is -2.41. The van der Waals surface area contributed by atoms with Gasteiger partial charge in [-0.25, -0.2) is 4.79 Å². The second-order valence-electron chi connectivity index (χ2n) is 10.9. The van der Waals surface area contributed by atoms with Gasteiger partial charge in [0.15, 0.2) is 6.29 Å². The van der Waals surface area contributed by atoms with Crippen LogP contribution in [0.1, 0.15) is 51.9 Å². The topological polar surface area (TPSA) is 105 Å². The van der Waals surface area contributed by atoms with Gasteiger partial charge in [-0.2, -0.15) is 0 Å². The van der Waals surface area contributed by atoms with Gasteiger partial charge < -0.3 is 25.0 Å². The van der Waals surface area contributed by atoms with Crippen LogP contribution in [0.4, 0.5) is 0 Å². The molecule has 1 heterocycles. The van der Waals surface area contributed by atoms with E-state index in [1.54, 1.807) is 18.2 Å². The van der Waals surface area contributed by atoms with Crippen LogP contribution in [-0.2, 0) is 27.4 Å². The van der Waals surface area contributed by atoms with Crippen molar-refractivity contribution in [1.82, 2.24) is 5.32 Å². The molecule has 0 bridgehead atoms. The van der Waals surface area contributed by atoms with Crippen molar-refractivity contribution >= 4 is 58.4 Å². The summed E-state index contributed by atoms with van der Waals surface area (Å²) in [6, 6.07) is 30.2. The molecule has 11 heteroatoms. The van der Waals surface area contributed by atoms with Crippen molar-refractivity contribution in [3.63, 3.8) is 0 Å². The highest BCUT2D eigenvalue weighted by atomic mass is 35.6. The van der Waals surface area contributed by atoms with Crippen molar-refractivity contribution in [2.45, 2.75) is 47.3 Å². The van der Waals surface area contributed by atoms with E-state index in [1.165, 1.54) is 11.8 Å². The number of rotatable bonds is 10. The van der Waals surface area contributed by atoms with Crippen LogP contribution < -0.4 is 5.32 Å². The molecular weight excluding hydrogens is 669 g/mol. The number of aliphatic hydroxyl groups is 1. The Balaban J connectivity index is 1.41. The first-order valence-corrected chi connectivity index (χ1v) is 16.7. The third-order valence-electron chi connectivity index (χ3n) is 7.77. The number of aliphatic hydroxyl groups excluding tert-OH is 1. The van der Waals surface area contributed by atoms with Crippen LogP contribution in [0, 0.1) is 5.92 Å². The van der Waals surface area contributed by atoms with Crippen LogP contribution in [-0.4, -0.2) is 37.7 Å². The zero-order chi connectivity index (χ0) is 32.8. The molecule has 5 rings (SSSR count). The molecule has 0 aliphatic carbocycles. The summed E-state index contributed by atoms with van der Waals surface area (Å²) in [5, 5.41) is 21.9. The van der Waals surface area contributed by atoms with E-state index in [1.807, 2.05) is 78.9 Å². The van der Waals surface area contributed by atoms with Crippen LogP contribution >= 0.6 is 46.6 Å². The SMILES string of the molecule is C[C@@H]1[C@H](CSc2ccccc2C(=O)O)O[C@H](c2cccc(-c3cccc(CNC(=O)C(Cl)(Cl)Cl)c3)c2)O[C@@H]1c1ccc(CO)cc1. The second kappa shape index (κ2) is 15.2. The van der Waals surface area contributed by atoms with E-state index in [2.05, 4.69) is 12.2 Å². The minimum absolute atomic E-state index is 0.0530. The van der Waals surface area contributed by atoms with Crippen molar-refractivity contribution in [3.05, 3.63) is 125 Å². The van der Waals surface area contributed by atoms with Crippen LogP contribution in [0.25, 0.3) is 11.1 Å². The Morgan fingerprint density at radius 1 is 0.848 bits per heavy atom. The molecule has 1 aliphatic rings. The van der Waals surface area contributed by atoms with E-state index in [-0.39, 0.29) is 36.8 Å². The molecule has 46 heavy (non-hydrogen) atoms. The minimum Gasteiger partial charge on any atom is -0.478 e. The predicted molar refractivity (Wildman–Crippen MR) is 181 cm³/mol. The molecule has 0 unspecified atom stereocenters. The van der Waals surface area contributed by atoms with Gasteiger partial charge in [-0.1, -0.05) is 115 Å². The number of aromatic carboxylic acids is 1. The Bertz CT molecular complexity index is 1680. The first-order valence-electron chi connectivity index (χ1n) is 14.5. The van der Waals surface area contributed by atoms with Gasteiger partial charge in [0.1, 0.15) is 0 Å². The number of halogens is 3. The highest BCUT2D eigenvalue weighted by molar-refractivity contribution is 7.99. The number of amides is 1. The number of ether oxygens (including phenoxy) is 2. The van der Waals surface area contributed by atoms with E-state index >= 15 is 0 Å². The van der Waals surface area contributed by atoms with Crippen molar-refractivity contribution in [2.75, 3.05) is 5.75 Å². The van der Waals surface area contributed by atoms with Crippen LogP contribution in [0.2, 0.25) is 0 Å². The summed E-state index contributed by atoms with van der Waals surface area (Å²) in [5.74, 6) is -1.23. The van der Waals surface area contributed by atoms with Crippen molar-refractivity contribution < 1.29 is 29.3 Å². The molecular formula is C35H32Cl3NO6S. The second-order valence-corrected chi connectivity index (χ2v) is 14.3. The standard InChI is InChI=1S/C35H32Cl3NO6S/c1-21-29(20-46-30-11-3-2-10-28(30)32(41)42)44-33(45-31(21)24-14-12-22(19-40)13-15-24)27-9-5-8-26(17-27)25-7-4-6-23(16-25)18-39-34(43)35(36,37)38/h2-17,21,29,31,33,40H,18-20H2,1H3,(H,39,43)(H,41,42)/t21-,29+,31+,33+/m1/s1. The fourth-order valence-corrected chi connectivity index (χ4v) is 6.67. The van der Waals surface area contributed by atoms with Gasteiger partial charge in [0.05, 0.1) is 24.4 Å². The summed E-state index contributed by atoms with van der Waals surface area (Å²) < 4.78 is 11.2. The summed E-state index contributed by atoms with van der Waals surface area (Å²) in [6.07, 6.45) is -1.30. The van der Waals surface area contributed by atoms with Gasteiger partial charge in [-0.05, 0) is 52.1 Å². The molecule has 4 aromatic carbocycles. The number of carbonyl (C=O) groups is 2. The van der Waals surface area contributed by atoms with E-state index < -0.39 is 22.0 Å². The maximum Gasteiger partial charge on any atom is 0.336 e. The lowest BCUT2D eigenvalue weighted by Crippen LogP contribution is -2.38. The van der Waals surface area contributed by atoms with E-state index in [4.69, 9.17) is 44.3 Å². The zero-order valence-electron chi connectivity index (χ0n) is 24.7. The maximum absolute atomic E-state index is 12.0. The smallest absolute Gasteiger partial charge is 0.336 e. The largest absolute Gasteiger partial charge is 0.478 e. The summed E-state index contributed by atoms with van der Waals surface area (Å²) in [7, 11) is 0. The number of hydrogen-bond donors (Lipinski definition) is 3. The Morgan fingerprint density at radius 3 is 2.24 bits per heavy atom. The van der Waals surface area contributed by atoms with Crippen molar-refractivity contribution in [2.24, 2.45) is 5.92 Å². The predicted octanol–water partition coefficient (Wildman–Crippen LogP) is 8.11. The number of hydrogen-bond acceptors (Lipinski definition) is 6. The van der Waals surface area contributed by atoms with Gasteiger partial charge >= 0.3 is 5.97 Å². The quantitative estimate of drug-likeness (QED) is 0.113. The van der Waals surface area contributed by atoms with Gasteiger partial charge in [0, 0.05) is 28.7 Å². The molecule has 0 radical (unpaired) electrons. The third-order valence-corrected chi connectivity index (χ3v) is 9.45. The van der Waals surface area contributed by atoms with Gasteiger partial charge in [-0.3, -0.25) is 4.79 Å². The lowest BCUT2D eigenvalue weighted by molar-refractivity contribution is -0.268. The Kier molecular flexibility index (Phi) is 11.3. The number of carbonyl (C=O) groups excluding carboxylic acids is 1. The van der Waals surface area contributed by atoms with Crippen molar-refractivity contribution in [1.29, 1.82) is 0 Å². The number of carboxylic acid groups (broad SMARTS) is 1. The molecule has 0 saturated carbocycles. The first kappa shape index (κ1) is 34.3. The normalized spacial score (nSPS) is 19.8. The van der Waals surface area contributed by atoms with Gasteiger partial charge in [0.25, 0.3) is 9.70 Å². The number of alkyl halides is 3. The minimum atomic E-state index is -2.04. The number of benzene rings is 4. The molecule has 4 aromatic rings. The first-order chi connectivity index (χ1) is 22.0. The average molecular weight is 701 g/mol. The molecule has 1 amide bonds. The Morgan fingerprint density at radius 2 is 1.54 bits per heavy atom. The van der Waals surface area contributed by atoms with E-state index in [9.17, 15) is 19.8 Å². The molecule has 240 valence electrons. The average Bonchev–Trinajstić information content (AvgIpc) is 3.06. The molecule has 3 N–H and O–H groups in total. The third kappa shape index (κ3) is 8.44. The van der Waals surface area contributed by atoms with Gasteiger partial charge in [-0.15, -0.1) is 11.8 Å². The highest BCUT2D eigenvalue weighted by Gasteiger charge is 2.38. The Labute approximate surface area is 286 Å². The highest BCUT2D eigenvalue weighted by Crippen LogP contribution is 2.43. The van der Waals surface area contributed by atoms with E-state index in [0.29, 0.717) is 10.6 Å². The summed E-state index contributed by atoms with van der Waals surface area (Å²) >= 11 is 18.5. The lowest BCUT2D eigenvalue weighted by atomic mass is 9.91. The van der Waals surface area contributed by atoms with Crippen LogP contribution in [0.3, 0.4) is 0 Å². The molecule has 0 spiro atoms. The molecule has 1 saturated heterocycles. The summed E-state index contributed by atoms with van der Waals surface area (Å²) in [4.78, 5) is 24.5. The number of carboxylic acids is 1. The van der Waals surface area contributed by atoms with Crippen LogP contribution in [0.15, 0.2) is 102 Å². The monoisotopic (exact) mass is 699 g/mol. The molecule has 0 aromatic heterocycles. The Hall–Kier alpha value is -3.08. The van der Waals surface area contributed by atoms with Crippen LogP contribution in [0.5, 0.6) is 0 Å². The molecule has 4 atom stereocenters.